The Morgan fingerprint density at radius 3 is 2.74 bits per heavy atom. The van der Waals surface area contributed by atoms with Crippen LogP contribution in [0.5, 0.6) is 5.75 Å². The molecule has 0 fully saturated rings. The monoisotopic (exact) mass is 434 g/mol. The number of hydrogen-bond donors (Lipinski definition) is 2. The third-order valence-electron chi connectivity index (χ3n) is 5.26. The second kappa shape index (κ2) is 11.3. The van der Waals surface area contributed by atoms with Crippen LogP contribution >= 0.6 is 12.2 Å². The lowest BCUT2D eigenvalue weighted by Gasteiger charge is -2.11. The summed E-state index contributed by atoms with van der Waals surface area (Å²) in [5.41, 5.74) is 6.35. The molecule has 0 saturated heterocycles. The first-order chi connectivity index (χ1) is 15.1. The summed E-state index contributed by atoms with van der Waals surface area (Å²) in [4.78, 5) is 0. The topological polar surface area (TPSA) is 50.6 Å². The van der Waals surface area contributed by atoms with Gasteiger partial charge in [-0.25, -0.2) is 0 Å². The number of nitrogens with one attached hydrogen (secondary N) is 2. The minimum absolute atomic E-state index is 0.465. The van der Waals surface area contributed by atoms with E-state index in [4.69, 9.17) is 17.0 Å². The summed E-state index contributed by atoms with van der Waals surface area (Å²) in [5.74, 6) is 1.47. The van der Waals surface area contributed by atoms with Crippen molar-refractivity contribution >= 4 is 34.4 Å². The summed E-state index contributed by atoms with van der Waals surface area (Å²) in [6.45, 7) is 10.0. The Kier molecular flexibility index (Phi) is 8.24. The molecule has 0 aliphatic rings. The molecule has 0 bridgehead atoms. The van der Waals surface area contributed by atoms with Gasteiger partial charge in [0.15, 0.2) is 5.11 Å². The minimum atomic E-state index is 0.465. The van der Waals surface area contributed by atoms with E-state index in [1.807, 2.05) is 12.1 Å². The Morgan fingerprint density at radius 1 is 1.23 bits per heavy atom. The summed E-state index contributed by atoms with van der Waals surface area (Å²) in [5, 5.41) is 8.84. The van der Waals surface area contributed by atoms with E-state index in [-0.39, 0.29) is 0 Å². The molecular weight excluding hydrogens is 404 g/mol. The van der Waals surface area contributed by atoms with E-state index < -0.39 is 0 Å². The number of hydrazone groups is 1. The van der Waals surface area contributed by atoms with Crippen LogP contribution in [0.15, 0.2) is 72.5 Å². The number of aromatic nitrogens is 1. The number of thiocarbonyl (C=S) groups is 1. The van der Waals surface area contributed by atoms with Crippen LogP contribution in [0.2, 0.25) is 0 Å². The van der Waals surface area contributed by atoms with Crippen molar-refractivity contribution in [1.82, 2.24) is 15.3 Å². The Labute approximate surface area is 189 Å². The van der Waals surface area contributed by atoms with E-state index in [9.17, 15) is 0 Å². The van der Waals surface area contributed by atoms with Gasteiger partial charge in [-0.2, -0.15) is 5.10 Å². The first-order valence-electron chi connectivity index (χ1n) is 10.6. The molecule has 0 radical (unpaired) electrons. The van der Waals surface area contributed by atoms with Gasteiger partial charge in [0, 0.05) is 29.2 Å². The predicted molar refractivity (Wildman–Crippen MR) is 134 cm³/mol. The molecule has 6 heteroatoms. The van der Waals surface area contributed by atoms with Gasteiger partial charge in [-0.3, -0.25) is 5.43 Å². The maximum absolute atomic E-state index is 5.99. The number of fused-ring (bicyclic) bond motifs is 1. The molecule has 0 aliphatic heterocycles. The van der Waals surface area contributed by atoms with Gasteiger partial charge in [-0.05, 0) is 48.3 Å². The quantitative estimate of drug-likeness (QED) is 0.199. The molecule has 0 spiro atoms. The van der Waals surface area contributed by atoms with Crippen molar-refractivity contribution in [1.29, 1.82) is 0 Å². The highest BCUT2D eigenvalue weighted by molar-refractivity contribution is 7.80. The maximum atomic E-state index is 5.99. The number of hydrogen-bond acceptors (Lipinski definition) is 3. The standard InChI is InChI=1S/C25H30N4OS/c1-4-14-26-25(31)28-27-17-21-18-29(24-9-7-6-8-23(21)24)15-16-30-22-12-10-20(11-13-22)19(3)5-2/h4,6-13,17-19H,1,5,14-16H2,2-3H3,(H2,26,28,31)/b27-17+. The lowest BCUT2D eigenvalue weighted by molar-refractivity contribution is 0.300. The van der Waals surface area contributed by atoms with Crippen molar-refractivity contribution in [3.63, 3.8) is 0 Å². The van der Waals surface area contributed by atoms with E-state index in [1.165, 1.54) is 5.56 Å². The second-order valence-corrected chi connectivity index (χ2v) is 7.80. The van der Waals surface area contributed by atoms with Gasteiger partial charge >= 0.3 is 0 Å². The molecule has 3 rings (SSSR count). The Hall–Kier alpha value is -3.12. The van der Waals surface area contributed by atoms with Gasteiger partial charge in [0.05, 0.1) is 12.8 Å². The smallest absolute Gasteiger partial charge is 0.187 e. The lowest BCUT2D eigenvalue weighted by Crippen LogP contribution is -2.31. The molecule has 3 aromatic rings. The summed E-state index contributed by atoms with van der Waals surface area (Å²) in [6, 6.07) is 16.7. The zero-order valence-corrected chi connectivity index (χ0v) is 19.0. The van der Waals surface area contributed by atoms with Crippen molar-refractivity contribution < 1.29 is 4.74 Å². The van der Waals surface area contributed by atoms with Crippen LogP contribution < -0.4 is 15.5 Å². The van der Waals surface area contributed by atoms with Gasteiger partial charge in [0.25, 0.3) is 0 Å². The Bertz CT molecular complexity index is 1040. The molecule has 1 aromatic heterocycles. The van der Waals surface area contributed by atoms with Crippen molar-refractivity contribution in [2.75, 3.05) is 13.2 Å². The zero-order chi connectivity index (χ0) is 22.1. The van der Waals surface area contributed by atoms with Gasteiger partial charge in [-0.15, -0.1) is 6.58 Å². The van der Waals surface area contributed by atoms with Crippen LogP contribution in [0.3, 0.4) is 0 Å². The average molecular weight is 435 g/mol. The molecule has 0 saturated carbocycles. The summed E-state index contributed by atoms with van der Waals surface area (Å²) >= 11 is 5.16. The summed E-state index contributed by atoms with van der Waals surface area (Å²) < 4.78 is 8.18. The van der Waals surface area contributed by atoms with Crippen LogP contribution in [0, 0.1) is 0 Å². The van der Waals surface area contributed by atoms with Gasteiger partial charge < -0.3 is 14.6 Å². The molecule has 0 aliphatic carbocycles. The molecule has 1 atom stereocenters. The van der Waals surface area contributed by atoms with Crippen molar-refractivity contribution in [3.8, 4) is 5.75 Å². The van der Waals surface area contributed by atoms with Crippen molar-refractivity contribution in [2.45, 2.75) is 32.7 Å². The largest absolute Gasteiger partial charge is 0.492 e. The van der Waals surface area contributed by atoms with Gasteiger partial charge in [0.2, 0.25) is 0 Å². The SMILES string of the molecule is C=CCNC(=S)N/N=C/c1cn(CCOc2ccc(C(C)CC)cc2)c2ccccc12. The first-order valence-corrected chi connectivity index (χ1v) is 11.0. The zero-order valence-electron chi connectivity index (χ0n) is 18.2. The highest BCUT2D eigenvalue weighted by atomic mass is 32.1. The molecule has 31 heavy (non-hydrogen) atoms. The fourth-order valence-electron chi connectivity index (χ4n) is 3.32. The number of para-hydroxylation sites is 1. The fourth-order valence-corrected chi connectivity index (χ4v) is 3.45. The van der Waals surface area contributed by atoms with Crippen LogP contribution in [0.4, 0.5) is 0 Å². The maximum Gasteiger partial charge on any atom is 0.187 e. The van der Waals surface area contributed by atoms with E-state index in [1.54, 1.807) is 12.3 Å². The van der Waals surface area contributed by atoms with Crippen molar-refractivity contribution in [3.05, 3.63) is 78.5 Å². The van der Waals surface area contributed by atoms with Gasteiger partial charge in [0.1, 0.15) is 12.4 Å². The van der Waals surface area contributed by atoms with Crippen LogP contribution in [-0.4, -0.2) is 29.0 Å². The number of ether oxygens (including phenoxy) is 1. The highest BCUT2D eigenvalue weighted by Crippen LogP contribution is 2.22. The lowest BCUT2D eigenvalue weighted by atomic mass is 9.99. The third kappa shape index (κ3) is 6.18. The van der Waals surface area contributed by atoms with Crippen LogP contribution in [0.1, 0.15) is 37.3 Å². The number of rotatable bonds is 10. The molecule has 2 aromatic carbocycles. The Morgan fingerprint density at radius 2 is 2.00 bits per heavy atom. The van der Waals surface area contributed by atoms with Gasteiger partial charge in [-0.1, -0.05) is 50.3 Å². The predicted octanol–water partition coefficient (Wildman–Crippen LogP) is 5.22. The van der Waals surface area contributed by atoms with E-state index in [0.29, 0.717) is 24.2 Å². The highest BCUT2D eigenvalue weighted by Gasteiger charge is 2.07. The van der Waals surface area contributed by atoms with E-state index in [2.05, 4.69) is 83.4 Å². The van der Waals surface area contributed by atoms with E-state index >= 15 is 0 Å². The first kappa shape index (κ1) is 22.6. The second-order valence-electron chi connectivity index (χ2n) is 7.39. The molecule has 5 nitrogen and oxygen atoms in total. The Balaban J connectivity index is 1.63. The molecule has 1 heterocycles. The molecular formula is C25H30N4OS. The van der Waals surface area contributed by atoms with E-state index in [0.717, 1.165) is 35.2 Å². The molecule has 162 valence electrons. The molecule has 0 amide bonds. The fraction of sp³-hybridized carbons (Fsp3) is 0.280. The minimum Gasteiger partial charge on any atom is -0.492 e. The number of benzene rings is 2. The third-order valence-corrected chi connectivity index (χ3v) is 5.49. The summed E-state index contributed by atoms with van der Waals surface area (Å²) in [6.07, 6.45) is 6.76. The average Bonchev–Trinajstić information content (AvgIpc) is 3.15. The number of nitrogens with zero attached hydrogens (tertiary/aromatic N) is 2. The normalized spacial score (nSPS) is 12.1. The molecule has 1 unspecified atom stereocenters. The van der Waals surface area contributed by atoms with Crippen LogP contribution in [-0.2, 0) is 6.54 Å². The van der Waals surface area contributed by atoms with Crippen LogP contribution in [0.25, 0.3) is 10.9 Å². The molecule has 2 N–H and O–H groups in total. The summed E-state index contributed by atoms with van der Waals surface area (Å²) in [7, 11) is 0. The van der Waals surface area contributed by atoms with Crippen molar-refractivity contribution in [2.24, 2.45) is 5.10 Å².